The Morgan fingerprint density at radius 2 is 1.06 bits per heavy atom. The lowest BCUT2D eigenvalue weighted by Gasteiger charge is -2.31. The van der Waals surface area contributed by atoms with Crippen molar-refractivity contribution in [1.29, 1.82) is 0 Å². The first-order valence-electron chi connectivity index (χ1n) is 26.2. The smallest absolute Gasteiger partial charge is 0.410 e. The number of pyridine rings is 4. The van der Waals surface area contributed by atoms with E-state index < -0.39 is 58.6 Å². The van der Waals surface area contributed by atoms with Gasteiger partial charge < -0.3 is 58.6 Å². The van der Waals surface area contributed by atoms with E-state index in [-0.39, 0.29) is 136 Å². The van der Waals surface area contributed by atoms with E-state index in [0.717, 1.165) is 0 Å². The lowest BCUT2D eigenvalue weighted by atomic mass is 9.86. The maximum Gasteiger partial charge on any atom is 0.410 e. The zero-order chi connectivity index (χ0) is 57.0. The summed E-state index contributed by atoms with van der Waals surface area (Å²) < 4.78 is 30.0. The van der Waals surface area contributed by atoms with Crippen LogP contribution in [0, 0.1) is 0 Å². The van der Waals surface area contributed by atoms with Gasteiger partial charge in [-0.3, -0.25) is 28.8 Å². The van der Waals surface area contributed by atoms with Crippen LogP contribution in [0.15, 0.2) is 70.3 Å². The molecule has 416 valence electrons. The fourth-order valence-electron chi connectivity index (χ4n) is 10.3. The number of nitrogens with zero attached hydrogens (tertiary/aromatic N) is 5. The highest BCUT2D eigenvalue weighted by atomic mass is 16.6. The van der Waals surface area contributed by atoms with Gasteiger partial charge in [-0.25, -0.2) is 24.4 Å². The summed E-state index contributed by atoms with van der Waals surface area (Å²) in [5.74, 6) is -3.53. The van der Waals surface area contributed by atoms with Crippen LogP contribution in [0.2, 0.25) is 0 Å². The van der Waals surface area contributed by atoms with Gasteiger partial charge in [-0.15, -0.1) is 0 Å². The van der Waals surface area contributed by atoms with Crippen molar-refractivity contribution in [3.8, 4) is 34.3 Å². The summed E-state index contributed by atoms with van der Waals surface area (Å²) in [7, 11) is 0. The Balaban J connectivity index is 0.675. The molecule has 0 bridgehead atoms. The van der Waals surface area contributed by atoms with Crippen molar-refractivity contribution < 1.29 is 67.5 Å². The van der Waals surface area contributed by atoms with E-state index in [1.807, 2.05) is 12.1 Å². The second-order valence-corrected chi connectivity index (χ2v) is 21.0. The highest BCUT2D eigenvalue weighted by Gasteiger charge is 2.47. The number of benzene rings is 2. The number of aromatic nitrogens is 4. The summed E-state index contributed by atoms with van der Waals surface area (Å²) in [5, 5.41) is 28.9. The fraction of sp³-hybridized carbons (Fsp3) is 0.386. The van der Waals surface area contributed by atoms with E-state index in [0.29, 0.717) is 55.7 Å². The molecule has 0 unspecified atom stereocenters. The van der Waals surface area contributed by atoms with E-state index in [1.165, 1.54) is 14.0 Å². The maximum absolute atomic E-state index is 13.5. The summed E-state index contributed by atoms with van der Waals surface area (Å²) in [4.78, 5) is 128. The first-order chi connectivity index (χ1) is 38.1. The van der Waals surface area contributed by atoms with Crippen molar-refractivity contribution in [2.24, 2.45) is 0 Å². The third kappa shape index (κ3) is 10.4. The molecular weight excluding hydrogens is 1040 g/mol. The second-order valence-electron chi connectivity index (χ2n) is 21.0. The Hall–Kier alpha value is -8.83. The van der Waals surface area contributed by atoms with Gasteiger partial charge in [0.1, 0.15) is 30.3 Å². The summed E-state index contributed by atoms with van der Waals surface area (Å²) in [5.41, 5.74) is -0.240. The van der Waals surface area contributed by atoms with Gasteiger partial charge in [0.2, 0.25) is 11.8 Å². The number of nitrogens with one attached hydrogen (secondary N) is 2. The summed E-state index contributed by atoms with van der Waals surface area (Å²) in [6.45, 7) is 8.21. The van der Waals surface area contributed by atoms with Gasteiger partial charge in [0, 0.05) is 72.0 Å². The number of aliphatic hydroxyl groups is 2. The Morgan fingerprint density at radius 3 is 1.46 bits per heavy atom. The molecule has 2 aromatic carbocycles. The van der Waals surface area contributed by atoms with E-state index in [4.69, 9.17) is 33.7 Å². The molecule has 0 aliphatic carbocycles. The predicted octanol–water partition coefficient (Wildman–Crippen LogP) is 4.01. The van der Waals surface area contributed by atoms with Crippen molar-refractivity contribution in [1.82, 2.24) is 34.6 Å². The van der Waals surface area contributed by atoms with E-state index in [9.17, 15) is 53.4 Å². The van der Waals surface area contributed by atoms with Crippen LogP contribution in [0.4, 0.5) is 4.79 Å². The number of ether oxygens (including phenoxy) is 5. The lowest BCUT2D eigenvalue weighted by molar-refractivity contribution is -0.172. The fourth-order valence-corrected chi connectivity index (χ4v) is 10.3. The number of esters is 4. The minimum atomic E-state index is -1.95. The molecule has 4 aromatic heterocycles. The third-order valence-electron chi connectivity index (χ3n) is 14.6. The highest BCUT2D eigenvalue weighted by molar-refractivity contribution is 5.90. The van der Waals surface area contributed by atoms with Crippen LogP contribution in [-0.2, 0) is 80.5 Å². The standard InChI is InChI=1S/C57H57N7O16/c1-6-56(74)38-24-42-48-32(26-63(42)50(69)36(38)28-76-52(56)71)20-30-22-34(8-10-40(30)60-48)78-46(67)14-12-44(65)58-16-18-62(54(73)80-55(3,4)5)19-17-59-45(66)13-15-47(68)79-35-9-11-41-31(23-35)21-33-27-64-43(49(33)61-41)25-39-37(51(64)70)29-77-53(72)57(39,75)7-2/h8-11,20-25,74-75H,6-7,12-19,26-29H2,1-5H3,(H,58,65)(H,59,66)/t56-,57-/m0/s1. The van der Waals surface area contributed by atoms with Crippen LogP contribution in [0.1, 0.15) is 107 Å². The zero-order valence-electron chi connectivity index (χ0n) is 44.5. The van der Waals surface area contributed by atoms with Crippen molar-refractivity contribution in [2.45, 2.75) is 116 Å². The molecule has 6 aromatic rings. The van der Waals surface area contributed by atoms with Crippen molar-refractivity contribution in [3.05, 3.63) is 115 Å². The molecule has 0 saturated heterocycles. The van der Waals surface area contributed by atoms with Crippen LogP contribution in [-0.4, -0.2) is 108 Å². The monoisotopic (exact) mass is 1100 g/mol. The van der Waals surface area contributed by atoms with Gasteiger partial charge in [-0.2, -0.15) is 0 Å². The Kier molecular flexibility index (Phi) is 14.4. The molecule has 8 heterocycles. The lowest BCUT2D eigenvalue weighted by Crippen LogP contribution is -2.44. The molecule has 4 aliphatic heterocycles. The molecule has 0 fully saturated rings. The largest absolute Gasteiger partial charge is 0.458 e. The van der Waals surface area contributed by atoms with E-state index in [1.54, 1.807) is 83.1 Å². The molecule has 4 aliphatic rings. The van der Waals surface area contributed by atoms with Gasteiger partial charge >= 0.3 is 30.0 Å². The Bertz CT molecular complexity index is 3540. The molecule has 10 rings (SSSR count). The molecule has 4 N–H and O–H groups in total. The minimum Gasteiger partial charge on any atom is -0.458 e. The molecule has 80 heavy (non-hydrogen) atoms. The van der Waals surface area contributed by atoms with Gasteiger partial charge in [0.05, 0.1) is 70.9 Å². The summed E-state index contributed by atoms with van der Waals surface area (Å²) in [6.07, 6.45) is -1.63. The number of amides is 3. The van der Waals surface area contributed by atoms with Gasteiger partial charge in [0.15, 0.2) is 11.2 Å². The van der Waals surface area contributed by atoms with Gasteiger partial charge in [-0.1, -0.05) is 13.8 Å². The molecule has 23 heteroatoms. The van der Waals surface area contributed by atoms with Gasteiger partial charge in [0.25, 0.3) is 11.1 Å². The average Bonchev–Trinajstić information content (AvgIpc) is 3.99. The number of carbonyl (C=O) groups is 7. The number of rotatable bonds is 16. The van der Waals surface area contributed by atoms with Gasteiger partial charge in [-0.05, 0) is 94.3 Å². The molecule has 0 saturated carbocycles. The number of cyclic esters (lactones) is 2. The maximum atomic E-state index is 13.5. The molecule has 0 spiro atoms. The number of hydrogen-bond acceptors (Lipinski definition) is 18. The molecule has 2 atom stereocenters. The average molecular weight is 1100 g/mol. The third-order valence-corrected chi connectivity index (χ3v) is 14.6. The van der Waals surface area contributed by atoms with Crippen molar-refractivity contribution >= 4 is 63.6 Å². The topological polar surface area (TPSA) is 303 Å². The van der Waals surface area contributed by atoms with Crippen LogP contribution >= 0.6 is 0 Å². The van der Waals surface area contributed by atoms with Crippen molar-refractivity contribution in [3.63, 3.8) is 0 Å². The number of hydrogen-bond donors (Lipinski definition) is 4. The first-order valence-corrected chi connectivity index (χ1v) is 26.2. The molecule has 23 nitrogen and oxygen atoms in total. The van der Waals surface area contributed by atoms with Crippen LogP contribution in [0.25, 0.3) is 44.6 Å². The molecular formula is C57H57N7O16. The van der Waals surface area contributed by atoms with Crippen molar-refractivity contribution in [2.75, 3.05) is 26.2 Å². The summed E-state index contributed by atoms with van der Waals surface area (Å²) >= 11 is 0. The summed E-state index contributed by atoms with van der Waals surface area (Å²) in [6, 6.07) is 16.5. The second kappa shape index (κ2) is 21.1. The normalized spacial score (nSPS) is 17.4. The van der Waals surface area contributed by atoms with E-state index >= 15 is 0 Å². The molecule has 3 amide bonds. The van der Waals surface area contributed by atoms with Crippen LogP contribution in [0.3, 0.4) is 0 Å². The number of fused-ring (bicyclic) bond motifs is 10. The van der Waals surface area contributed by atoms with E-state index in [2.05, 4.69) is 10.6 Å². The Morgan fingerprint density at radius 1 is 0.637 bits per heavy atom. The zero-order valence-corrected chi connectivity index (χ0v) is 44.5. The Labute approximate surface area is 455 Å². The predicted molar refractivity (Wildman–Crippen MR) is 283 cm³/mol. The molecule has 0 radical (unpaired) electrons. The van der Waals surface area contributed by atoms with Crippen LogP contribution in [0.5, 0.6) is 11.5 Å². The van der Waals surface area contributed by atoms with Crippen LogP contribution < -0.4 is 31.2 Å². The number of carbonyl (C=O) groups excluding carboxylic acids is 7. The highest BCUT2D eigenvalue weighted by Crippen LogP contribution is 2.41. The SMILES string of the molecule is CC[C@@]1(O)C(=O)OCc2c1cc1n(c2=O)Cc2cc3cc(OC(=O)CCC(=O)NCCN(CCNC(=O)CCC(=O)Oc4ccc5nc6c(cc5c4)Cn4c-6cc5c(c4=O)COC(=O)[C@]5(O)CC)C(=O)OC(C)(C)C)ccc3nc2-1. The first kappa shape index (κ1) is 54.5. The minimum absolute atomic E-state index is 0.00248. The quantitative estimate of drug-likeness (QED) is 0.0603.